The lowest BCUT2D eigenvalue weighted by molar-refractivity contribution is -0.918. The van der Waals surface area contributed by atoms with Gasteiger partial charge in [-0.25, -0.2) is 0 Å². The van der Waals surface area contributed by atoms with Gasteiger partial charge in [0.2, 0.25) is 4.77 Å². The number of hydrogen-bond acceptors (Lipinski definition) is 2. The van der Waals surface area contributed by atoms with E-state index in [9.17, 15) is 0 Å². The van der Waals surface area contributed by atoms with Crippen LogP contribution in [0.5, 0.6) is 0 Å². The highest BCUT2D eigenvalue weighted by Crippen LogP contribution is 2.25. The Hall–Kier alpha value is -2.21. The molecule has 2 heterocycles. The number of halogens is 1. The molecule has 1 aliphatic heterocycles. The van der Waals surface area contributed by atoms with E-state index < -0.39 is 0 Å². The van der Waals surface area contributed by atoms with Crippen LogP contribution in [0.25, 0.3) is 17.0 Å². The molecular formula is C21H22ClN4S+. The molecule has 3 aromatic rings. The van der Waals surface area contributed by atoms with Gasteiger partial charge in [0.25, 0.3) is 0 Å². The Morgan fingerprint density at radius 2 is 1.85 bits per heavy atom. The normalized spacial score (nSPS) is 17.0. The fraction of sp³-hybridized carbons (Fsp3) is 0.238. The molecule has 0 radical (unpaired) electrons. The average molecular weight is 398 g/mol. The number of nitrogens with zero attached hydrogens (tertiary/aromatic N) is 3. The molecule has 6 heteroatoms. The summed E-state index contributed by atoms with van der Waals surface area (Å²) in [5.41, 5.74) is 3.67. The van der Waals surface area contributed by atoms with Crippen LogP contribution in [-0.4, -0.2) is 27.4 Å². The van der Waals surface area contributed by atoms with Crippen molar-refractivity contribution in [2.75, 3.05) is 13.1 Å². The highest BCUT2D eigenvalue weighted by Gasteiger charge is 2.19. The van der Waals surface area contributed by atoms with E-state index in [-0.39, 0.29) is 0 Å². The van der Waals surface area contributed by atoms with Crippen molar-refractivity contribution >= 4 is 29.4 Å². The molecule has 2 aromatic carbocycles. The molecule has 0 saturated carbocycles. The topological polar surface area (TPSA) is 27.2 Å². The third kappa shape index (κ3) is 3.76. The van der Waals surface area contributed by atoms with Gasteiger partial charge in [0.15, 0.2) is 12.5 Å². The average Bonchev–Trinajstić information content (AvgIpc) is 2.98. The van der Waals surface area contributed by atoms with Gasteiger partial charge in [0, 0.05) is 19.0 Å². The number of hydrogen-bond donors (Lipinski definition) is 1. The molecule has 0 spiro atoms. The maximum Gasteiger partial charge on any atom is 0.202 e. The molecule has 1 unspecified atom stereocenters. The summed E-state index contributed by atoms with van der Waals surface area (Å²) in [4.78, 5) is 1.45. The molecule has 0 amide bonds. The van der Waals surface area contributed by atoms with Crippen molar-refractivity contribution in [3.8, 4) is 11.4 Å². The molecule has 27 heavy (non-hydrogen) atoms. The van der Waals surface area contributed by atoms with E-state index in [4.69, 9.17) is 28.9 Å². The van der Waals surface area contributed by atoms with Crippen LogP contribution in [0.4, 0.5) is 0 Å². The van der Waals surface area contributed by atoms with Crippen LogP contribution >= 0.6 is 23.8 Å². The van der Waals surface area contributed by atoms with Gasteiger partial charge in [-0.3, -0.25) is 0 Å². The van der Waals surface area contributed by atoms with Crippen molar-refractivity contribution in [1.29, 1.82) is 0 Å². The summed E-state index contributed by atoms with van der Waals surface area (Å²) >= 11 is 12.0. The third-order valence-corrected chi connectivity index (χ3v) is 5.87. The Balaban J connectivity index is 1.53. The first-order valence-electron chi connectivity index (χ1n) is 9.10. The lowest BCUT2D eigenvalue weighted by Gasteiger charge is -2.23. The van der Waals surface area contributed by atoms with E-state index in [0.717, 1.165) is 42.3 Å². The maximum atomic E-state index is 6.35. The Morgan fingerprint density at radius 1 is 1.11 bits per heavy atom. The summed E-state index contributed by atoms with van der Waals surface area (Å²) in [5, 5.41) is 5.45. The first-order valence-corrected chi connectivity index (χ1v) is 9.89. The molecule has 1 aromatic heterocycles. The van der Waals surface area contributed by atoms with Crippen molar-refractivity contribution in [1.82, 2.24) is 14.3 Å². The Labute approximate surface area is 169 Å². The standard InChI is InChI=1S/C21H21ClN4S/c1-24-20(18-9-5-6-10-19(18)22)23-26(21(24)27)15-25-13-11-17(12-14-25)16-7-3-2-4-8-16/h2-11H,12-15H2,1H3/p+1. The number of quaternary nitrogens is 1. The van der Waals surface area contributed by atoms with E-state index in [0.29, 0.717) is 5.02 Å². The van der Waals surface area contributed by atoms with E-state index in [1.54, 1.807) is 0 Å². The number of aromatic nitrogens is 3. The zero-order valence-corrected chi connectivity index (χ0v) is 16.8. The second-order valence-electron chi connectivity index (χ2n) is 6.85. The third-order valence-electron chi connectivity index (χ3n) is 5.06. The minimum atomic E-state index is 0.688. The molecule has 0 bridgehead atoms. The molecule has 1 atom stereocenters. The van der Waals surface area contributed by atoms with Crippen LogP contribution in [0.15, 0.2) is 60.7 Å². The van der Waals surface area contributed by atoms with Gasteiger partial charge in [-0.2, -0.15) is 4.68 Å². The van der Waals surface area contributed by atoms with Crippen molar-refractivity contribution < 1.29 is 4.90 Å². The van der Waals surface area contributed by atoms with Crippen LogP contribution in [0.2, 0.25) is 5.02 Å². The molecule has 1 N–H and O–H groups in total. The highest BCUT2D eigenvalue weighted by atomic mass is 35.5. The van der Waals surface area contributed by atoms with Gasteiger partial charge in [-0.1, -0.05) is 54.1 Å². The summed E-state index contributed by atoms with van der Waals surface area (Å²) in [6.07, 6.45) is 3.41. The fourth-order valence-corrected chi connectivity index (χ4v) is 3.93. The molecule has 4 rings (SSSR count). The van der Waals surface area contributed by atoms with Gasteiger partial charge in [-0.05, 0) is 41.6 Å². The monoisotopic (exact) mass is 397 g/mol. The highest BCUT2D eigenvalue weighted by molar-refractivity contribution is 7.71. The van der Waals surface area contributed by atoms with E-state index in [1.807, 2.05) is 40.6 Å². The fourth-order valence-electron chi connectivity index (χ4n) is 3.52. The zero-order valence-electron chi connectivity index (χ0n) is 15.2. The lowest BCUT2D eigenvalue weighted by atomic mass is 10.00. The van der Waals surface area contributed by atoms with Crippen LogP contribution in [-0.2, 0) is 13.7 Å². The predicted molar refractivity (Wildman–Crippen MR) is 112 cm³/mol. The van der Waals surface area contributed by atoms with Crippen molar-refractivity contribution in [3.05, 3.63) is 76.0 Å². The number of benzene rings is 2. The SMILES string of the molecule is Cn1c(-c2ccccc2Cl)nn(C[NH+]2CC=C(c3ccccc3)CC2)c1=S. The summed E-state index contributed by atoms with van der Waals surface area (Å²) < 4.78 is 4.57. The van der Waals surface area contributed by atoms with Gasteiger partial charge in [-0.15, -0.1) is 5.10 Å². The van der Waals surface area contributed by atoms with Gasteiger partial charge >= 0.3 is 0 Å². The minimum absolute atomic E-state index is 0.688. The first-order chi connectivity index (χ1) is 13.1. The van der Waals surface area contributed by atoms with Gasteiger partial charge < -0.3 is 9.47 Å². The van der Waals surface area contributed by atoms with Crippen LogP contribution in [0.3, 0.4) is 0 Å². The van der Waals surface area contributed by atoms with Crippen molar-refractivity contribution in [3.63, 3.8) is 0 Å². The smallest absolute Gasteiger partial charge is 0.202 e. The number of rotatable bonds is 4. The van der Waals surface area contributed by atoms with Crippen LogP contribution < -0.4 is 4.90 Å². The van der Waals surface area contributed by atoms with E-state index >= 15 is 0 Å². The van der Waals surface area contributed by atoms with Gasteiger partial charge in [0.05, 0.1) is 18.1 Å². The van der Waals surface area contributed by atoms with E-state index in [2.05, 4.69) is 36.4 Å². The predicted octanol–water partition coefficient (Wildman–Crippen LogP) is 3.60. The van der Waals surface area contributed by atoms with Crippen LogP contribution in [0, 0.1) is 4.77 Å². The summed E-state index contributed by atoms with van der Waals surface area (Å²) in [6, 6.07) is 18.4. The second-order valence-corrected chi connectivity index (χ2v) is 7.62. The van der Waals surface area contributed by atoms with Crippen molar-refractivity contribution in [2.24, 2.45) is 7.05 Å². The lowest BCUT2D eigenvalue weighted by Crippen LogP contribution is -3.11. The quantitative estimate of drug-likeness (QED) is 0.681. The van der Waals surface area contributed by atoms with E-state index in [1.165, 1.54) is 16.0 Å². The largest absolute Gasteiger partial charge is 0.313 e. The summed E-state index contributed by atoms with van der Waals surface area (Å²) in [6.45, 7) is 2.81. The Kier molecular flexibility index (Phi) is 5.25. The minimum Gasteiger partial charge on any atom is -0.313 e. The van der Waals surface area contributed by atoms with Crippen LogP contribution in [0.1, 0.15) is 12.0 Å². The molecule has 0 aliphatic carbocycles. The molecule has 1 aliphatic rings. The number of nitrogens with one attached hydrogen (secondary N) is 1. The summed E-state index contributed by atoms with van der Waals surface area (Å²) in [7, 11) is 1.95. The Morgan fingerprint density at radius 3 is 2.56 bits per heavy atom. The Bertz CT molecular complexity index is 1040. The maximum absolute atomic E-state index is 6.35. The first kappa shape index (κ1) is 18.2. The molecule has 0 fully saturated rings. The molecular weight excluding hydrogens is 376 g/mol. The zero-order chi connectivity index (χ0) is 18.8. The van der Waals surface area contributed by atoms with Crippen molar-refractivity contribution in [2.45, 2.75) is 13.1 Å². The van der Waals surface area contributed by atoms with Gasteiger partial charge in [0.1, 0.15) is 0 Å². The molecule has 138 valence electrons. The molecule has 0 saturated heterocycles. The second kappa shape index (κ2) is 7.80. The molecule has 4 nitrogen and oxygen atoms in total. The summed E-state index contributed by atoms with van der Waals surface area (Å²) in [5.74, 6) is 0.808.